The van der Waals surface area contributed by atoms with Gasteiger partial charge in [-0.25, -0.2) is 36.1 Å². The number of halogens is 2. The molecule has 2 aromatic heterocycles. The minimum Gasteiger partial charge on any atom is -0.364 e. The zero-order valence-corrected chi connectivity index (χ0v) is 31.0. The third-order valence-corrected chi connectivity index (χ3v) is 10.8. The van der Waals surface area contributed by atoms with Gasteiger partial charge in [-0.1, -0.05) is 21.2 Å². The first-order chi connectivity index (χ1) is 25.9. The highest BCUT2D eigenvalue weighted by molar-refractivity contribution is 7.93. The highest BCUT2D eigenvalue weighted by atomic mass is 32.2. The molecule has 4 aromatic rings. The van der Waals surface area contributed by atoms with Crippen molar-refractivity contribution in [2.45, 2.75) is 24.9 Å². The van der Waals surface area contributed by atoms with E-state index in [0.29, 0.717) is 12.8 Å². The molecule has 292 valence electrons. The quantitative estimate of drug-likeness (QED) is 0.0608. The average Bonchev–Trinajstić information content (AvgIpc) is 3.78. The molecule has 0 saturated heterocycles. The van der Waals surface area contributed by atoms with Gasteiger partial charge in [-0.2, -0.15) is 0 Å². The molecule has 0 bridgehead atoms. The topological polar surface area (TPSA) is 268 Å². The normalized spacial score (nSPS) is 18.2. The number of hydrogen-bond acceptors (Lipinski definition) is 18. The molecule has 2 aliphatic rings. The van der Waals surface area contributed by atoms with Crippen LogP contribution in [-0.2, 0) is 42.0 Å². The first-order valence-corrected chi connectivity index (χ1v) is 20.2. The van der Waals surface area contributed by atoms with Crippen LogP contribution in [0.3, 0.4) is 0 Å². The van der Waals surface area contributed by atoms with Crippen molar-refractivity contribution in [2.24, 2.45) is 19.0 Å². The Bertz CT molecular complexity index is 2090. The summed E-state index contributed by atoms with van der Waals surface area (Å²) in [5.41, 5.74) is 7.74. The highest BCUT2D eigenvalue weighted by Gasteiger charge is 2.29. The summed E-state index contributed by atoms with van der Waals surface area (Å²) in [6.45, 7) is 0.499. The van der Waals surface area contributed by atoms with E-state index in [1.165, 1.54) is 51.0 Å². The molecule has 2 heterocycles. The van der Waals surface area contributed by atoms with E-state index in [4.69, 9.17) is 9.26 Å². The Kier molecular flexibility index (Phi) is 13.2. The predicted molar refractivity (Wildman–Crippen MR) is 191 cm³/mol. The Hall–Kier alpha value is -5.14. The number of nitrogens with one attached hydrogen (secondary N) is 4. The maximum atomic E-state index is 13.4. The summed E-state index contributed by atoms with van der Waals surface area (Å²) in [7, 11) is -2.33. The number of aromatic nitrogens is 4. The van der Waals surface area contributed by atoms with Crippen LogP contribution in [-0.4, -0.2) is 102 Å². The van der Waals surface area contributed by atoms with E-state index in [-0.39, 0.29) is 83.0 Å². The fourth-order valence-corrected chi connectivity index (χ4v) is 7.09. The van der Waals surface area contributed by atoms with E-state index in [0.717, 1.165) is 22.3 Å². The number of fused-ring (bicyclic) bond motifs is 2. The van der Waals surface area contributed by atoms with Crippen LogP contribution in [0.1, 0.15) is 45.7 Å². The van der Waals surface area contributed by atoms with Crippen molar-refractivity contribution >= 4 is 42.8 Å². The molecular formula is C30H38F2N12O8S2. The molecule has 2 unspecified atom stereocenters. The number of amidine groups is 2. The zero-order valence-electron chi connectivity index (χ0n) is 29.4. The second kappa shape index (κ2) is 17.8. The van der Waals surface area contributed by atoms with Gasteiger partial charge in [0.15, 0.2) is 23.1 Å². The summed E-state index contributed by atoms with van der Waals surface area (Å²) in [6.07, 6.45) is 4.17. The summed E-state index contributed by atoms with van der Waals surface area (Å²) >= 11 is 0. The maximum Gasteiger partial charge on any atom is 0.202 e. The van der Waals surface area contributed by atoms with Crippen LogP contribution >= 0.6 is 0 Å². The van der Waals surface area contributed by atoms with Gasteiger partial charge >= 0.3 is 0 Å². The highest BCUT2D eigenvalue weighted by Crippen LogP contribution is 2.38. The van der Waals surface area contributed by atoms with Crippen LogP contribution in [0.2, 0.25) is 0 Å². The van der Waals surface area contributed by atoms with Crippen LogP contribution in [0, 0.1) is 11.6 Å². The molecule has 4 atom stereocenters. The summed E-state index contributed by atoms with van der Waals surface area (Å²) < 4.78 is 67.4. The van der Waals surface area contributed by atoms with Gasteiger partial charge in [-0.3, -0.25) is 31.4 Å². The smallest absolute Gasteiger partial charge is 0.202 e. The van der Waals surface area contributed by atoms with Crippen molar-refractivity contribution in [1.82, 2.24) is 31.6 Å². The van der Waals surface area contributed by atoms with Crippen LogP contribution in [0.4, 0.5) is 20.4 Å². The molecule has 0 aliphatic heterocycles. The molecule has 0 radical (unpaired) electrons. The second-order valence-corrected chi connectivity index (χ2v) is 16.9. The van der Waals surface area contributed by atoms with Gasteiger partial charge in [0.05, 0.1) is 57.3 Å². The van der Waals surface area contributed by atoms with Crippen molar-refractivity contribution in [3.63, 3.8) is 0 Å². The van der Waals surface area contributed by atoms with E-state index < -0.39 is 19.5 Å². The van der Waals surface area contributed by atoms with Gasteiger partial charge in [0.1, 0.15) is 11.6 Å². The summed E-state index contributed by atoms with van der Waals surface area (Å²) in [5, 5.41) is 39.6. The van der Waals surface area contributed by atoms with Crippen molar-refractivity contribution in [1.29, 1.82) is 0 Å². The molecule has 0 fully saturated rings. The molecule has 2 aliphatic carbocycles. The number of hydrogen-bond donors (Lipinski definition) is 6. The van der Waals surface area contributed by atoms with E-state index in [1.54, 1.807) is 12.1 Å². The largest absolute Gasteiger partial charge is 0.364 e. The Balaban J connectivity index is 0.000000208. The third-order valence-electron chi connectivity index (χ3n) is 7.98. The number of hydroxylamine groups is 2. The fraction of sp³-hybridized carbons (Fsp3) is 0.400. The third kappa shape index (κ3) is 10.1. The number of benzene rings is 2. The number of aliphatic imine (C=N–C) groups is 2. The lowest BCUT2D eigenvalue weighted by Crippen LogP contribution is -2.26. The summed E-state index contributed by atoms with van der Waals surface area (Å²) in [5.74, 6) is 0.172. The first-order valence-electron chi connectivity index (χ1n) is 16.0. The van der Waals surface area contributed by atoms with E-state index in [2.05, 4.69) is 60.0 Å². The van der Waals surface area contributed by atoms with Crippen LogP contribution < -0.4 is 21.6 Å². The molecule has 20 nitrogen and oxygen atoms in total. The van der Waals surface area contributed by atoms with Gasteiger partial charge in [0.2, 0.25) is 11.6 Å². The summed E-state index contributed by atoms with van der Waals surface area (Å²) in [4.78, 5) is 17.8. The summed E-state index contributed by atoms with van der Waals surface area (Å²) in [6, 6.07) is 8.42. The van der Waals surface area contributed by atoms with Gasteiger partial charge in [0, 0.05) is 25.6 Å². The van der Waals surface area contributed by atoms with Gasteiger partial charge in [-0.05, 0) is 80.0 Å². The lowest BCUT2D eigenvalue weighted by atomic mass is 9.83. The monoisotopic (exact) mass is 796 g/mol. The van der Waals surface area contributed by atoms with Gasteiger partial charge in [0.25, 0.3) is 0 Å². The Labute approximate surface area is 307 Å². The lowest BCUT2D eigenvalue weighted by molar-refractivity contribution is 0.218. The minimum absolute atomic E-state index is 0.0254. The lowest BCUT2D eigenvalue weighted by Gasteiger charge is -2.27. The molecule has 0 saturated carbocycles. The van der Waals surface area contributed by atoms with Gasteiger partial charge < -0.3 is 10.6 Å². The Morgan fingerprint density at radius 2 is 1.17 bits per heavy atom. The Morgan fingerprint density at radius 1 is 0.759 bits per heavy atom. The number of anilines is 2. The molecular weight excluding hydrogens is 759 g/mol. The SMILES string of the molecule is CON=[S@@](C)(=O)CCNc1nonc1C(=NC1Cc2ccc(F)cc21)NO.CON=[S@](C)(=O)CCNc1nonc1C(=NC1Cc2ccc(F)cc21)NO. The van der Waals surface area contributed by atoms with Crippen molar-refractivity contribution in [3.05, 3.63) is 81.7 Å². The van der Waals surface area contributed by atoms with E-state index >= 15 is 0 Å². The zero-order chi connectivity index (χ0) is 38.9. The molecule has 0 amide bonds. The van der Waals surface area contributed by atoms with E-state index in [9.17, 15) is 27.6 Å². The minimum atomic E-state index is -2.49. The van der Waals surface area contributed by atoms with Crippen LogP contribution in [0.25, 0.3) is 0 Å². The van der Waals surface area contributed by atoms with Crippen molar-refractivity contribution in [3.8, 4) is 0 Å². The molecule has 54 heavy (non-hydrogen) atoms. The molecule has 6 N–H and O–H groups in total. The van der Waals surface area contributed by atoms with E-state index in [1.807, 2.05) is 11.0 Å². The van der Waals surface area contributed by atoms with Crippen molar-refractivity contribution in [2.75, 3.05) is 62.0 Å². The number of nitrogens with zero attached hydrogens (tertiary/aromatic N) is 8. The standard InChI is InChI=1S/2C15H19FN6O4S/c2*1-25-22-27(2,24)6-5-17-14-13(20-26-21-14)15(19-23)18-12-7-9-3-4-10(16)8-11(9)12/h2*3-4,8,12,23H,5-7H2,1-2H3,(H,17,21)(H,18,19)/t2*12?,27-/m10/s1. The molecule has 6 rings (SSSR count). The van der Waals surface area contributed by atoms with Gasteiger partial charge in [-0.15, -0.1) is 0 Å². The number of rotatable bonds is 14. The first kappa shape index (κ1) is 40.1. The predicted octanol–water partition coefficient (Wildman–Crippen LogP) is 2.61. The maximum absolute atomic E-state index is 13.4. The molecule has 2 aromatic carbocycles. The molecule has 0 spiro atoms. The second-order valence-electron chi connectivity index (χ2n) is 11.9. The van der Waals surface area contributed by atoms with Crippen molar-refractivity contribution < 1.29 is 46.5 Å². The Morgan fingerprint density at radius 3 is 1.54 bits per heavy atom. The molecule has 24 heteroatoms. The van der Waals surface area contributed by atoms with Crippen LogP contribution in [0.5, 0.6) is 0 Å². The fourth-order valence-electron chi connectivity index (χ4n) is 5.35. The average molecular weight is 797 g/mol. The van der Waals surface area contributed by atoms with Crippen LogP contribution in [0.15, 0.2) is 64.7 Å².